The number of aromatic nitrogens is 7. The number of rotatable bonds is 6. The van der Waals surface area contributed by atoms with Crippen LogP contribution in [0.15, 0.2) is 60.1 Å². The van der Waals surface area contributed by atoms with Crippen molar-refractivity contribution in [1.82, 2.24) is 35.1 Å². The Morgan fingerprint density at radius 3 is 2.80 bits per heavy atom. The number of aromatic amines is 2. The van der Waals surface area contributed by atoms with Crippen LogP contribution < -0.4 is 5.32 Å². The van der Waals surface area contributed by atoms with Crippen LogP contribution >= 0.6 is 0 Å². The van der Waals surface area contributed by atoms with E-state index >= 15 is 4.39 Å². The molecule has 0 aliphatic rings. The van der Waals surface area contributed by atoms with Gasteiger partial charge in [0.05, 0.1) is 53.2 Å². The summed E-state index contributed by atoms with van der Waals surface area (Å²) in [6.45, 7) is 1.84. The standard InChI is InChI=1S/C24H19FN8O2/c1-2-18(34)29-14-5-13(6-26-7-14)21-20(25)19-16(10-28-21)32-33-23(19)24-30-17-9-27-8-15(22(17)31-24)12-3-4-35-11-12/h3-11,18,29,34H,2H2,1H3,(H,30,31)(H,32,33). The summed E-state index contributed by atoms with van der Waals surface area (Å²) in [6.07, 6.45) is 10.9. The number of fused-ring (bicyclic) bond motifs is 2. The van der Waals surface area contributed by atoms with Crippen molar-refractivity contribution in [2.75, 3.05) is 5.32 Å². The first kappa shape index (κ1) is 20.9. The van der Waals surface area contributed by atoms with Gasteiger partial charge in [0.2, 0.25) is 0 Å². The fourth-order valence-electron chi connectivity index (χ4n) is 3.96. The number of nitrogens with zero attached hydrogens (tertiary/aromatic N) is 5. The largest absolute Gasteiger partial charge is 0.472 e. The zero-order chi connectivity index (χ0) is 23.9. The molecule has 11 heteroatoms. The van der Waals surface area contributed by atoms with Crippen molar-refractivity contribution >= 4 is 27.6 Å². The minimum atomic E-state index is -0.734. The molecule has 0 fully saturated rings. The quantitative estimate of drug-likeness (QED) is 0.261. The van der Waals surface area contributed by atoms with Crippen LogP contribution in [0.3, 0.4) is 0 Å². The van der Waals surface area contributed by atoms with Gasteiger partial charge in [0.15, 0.2) is 11.6 Å². The van der Waals surface area contributed by atoms with E-state index in [4.69, 9.17) is 9.40 Å². The second kappa shape index (κ2) is 8.29. The van der Waals surface area contributed by atoms with Gasteiger partial charge in [-0.3, -0.25) is 20.1 Å². The van der Waals surface area contributed by atoms with Crippen molar-refractivity contribution in [3.63, 3.8) is 0 Å². The molecule has 6 rings (SSSR count). The molecule has 0 aliphatic heterocycles. The molecular formula is C24H19FN8O2. The first-order valence-electron chi connectivity index (χ1n) is 10.9. The Morgan fingerprint density at radius 2 is 1.97 bits per heavy atom. The Bertz CT molecular complexity index is 1660. The molecule has 35 heavy (non-hydrogen) atoms. The Hall–Kier alpha value is -4.64. The molecule has 6 aromatic heterocycles. The highest BCUT2D eigenvalue weighted by molar-refractivity contribution is 5.97. The Balaban J connectivity index is 1.47. The fourth-order valence-corrected chi connectivity index (χ4v) is 3.96. The summed E-state index contributed by atoms with van der Waals surface area (Å²) in [7, 11) is 0. The lowest BCUT2D eigenvalue weighted by Gasteiger charge is -2.12. The van der Waals surface area contributed by atoms with Gasteiger partial charge in [-0.1, -0.05) is 6.92 Å². The molecule has 174 valence electrons. The predicted octanol–water partition coefficient (Wildman–Crippen LogP) is 4.50. The average molecular weight is 470 g/mol. The topological polar surface area (TPSA) is 141 Å². The zero-order valence-corrected chi connectivity index (χ0v) is 18.5. The minimum Gasteiger partial charge on any atom is -0.472 e. The van der Waals surface area contributed by atoms with Crippen LogP contribution in [-0.4, -0.2) is 46.5 Å². The summed E-state index contributed by atoms with van der Waals surface area (Å²) >= 11 is 0. The Morgan fingerprint density at radius 1 is 1.09 bits per heavy atom. The summed E-state index contributed by atoms with van der Waals surface area (Å²) in [5, 5.41) is 20.2. The van der Waals surface area contributed by atoms with Crippen molar-refractivity contribution in [2.24, 2.45) is 0 Å². The number of halogens is 1. The van der Waals surface area contributed by atoms with Gasteiger partial charge in [0.1, 0.15) is 23.1 Å². The van der Waals surface area contributed by atoms with Crippen LogP contribution in [0, 0.1) is 5.82 Å². The van der Waals surface area contributed by atoms with Gasteiger partial charge in [-0.05, 0) is 18.6 Å². The highest BCUT2D eigenvalue weighted by atomic mass is 19.1. The molecule has 6 heterocycles. The van der Waals surface area contributed by atoms with E-state index in [9.17, 15) is 5.11 Å². The summed E-state index contributed by atoms with van der Waals surface area (Å²) < 4.78 is 21.1. The van der Waals surface area contributed by atoms with Crippen LogP contribution in [0.5, 0.6) is 0 Å². The third kappa shape index (κ3) is 3.58. The maximum Gasteiger partial charge on any atom is 0.161 e. The Labute approximate surface area is 197 Å². The number of pyridine rings is 3. The molecule has 1 unspecified atom stereocenters. The van der Waals surface area contributed by atoms with Crippen LogP contribution in [0.25, 0.3) is 55.8 Å². The van der Waals surface area contributed by atoms with Crippen molar-refractivity contribution in [2.45, 2.75) is 19.6 Å². The van der Waals surface area contributed by atoms with Crippen LogP contribution in [-0.2, 0) is 0 Å². The van der Waals surface area contributed by atoms with Gasteiger partial charge in [0.25, 0.3) is 0 Å². The van der Waals surface area contributed by atoms with Gasteiger partial charge in [-0.25, -0.2) is 9.37 Å². The van der Waals surface area contributed by atoms with Crippen LogP contribution in [0.4, 0.5) is 10.1 Å². The minimum absolute atomic E-state index is 0.110. The van der Waals surface area contributed by atoms with Gasteiger partial charge in [-0.2, -0.15) is 5.10 Å². The van der Waals surface area contributed by atoms with Crippen molar-refractivity contribution in [3.05, 3.63) is 61.5 Å². The highest BCUT2D eigenvalue weighted by Crippen LogP contribution is 2.34. The summed E-state index contributed by atoms with van der Waals surface area (Å²) in [5.41, 5.74) is 4.84. The number of nitrogens with one attached hydrogen (secondary N) is 3. The Kier molecular flexibility index (Phi) is 4.96. The number of anilines is 1. The molecule has 0 aliphatic carbocycles. The lowest BCUT2D eigenvalue weighted by Crippen LogP contribution is -2.17. The van der Waals surface area contributed by atoms with Crippen LogP contribution in [0.2, 0.25) is 0 Å². The molecule has 0 bridgehead atoms. The monoisotopic (exact) mass is 470 g/mol. The SMILES string of the molecule is CCC(O)Nc1cncc(-c2ncc3[nH]nc(-c4nc5c(-c6ccoc6)cncc5[nH]4)c3c2F)c1. The van der Waals surface area contributed by atoms with E-state index in [1.807, 2.05) is 13.0 Å². The number of H-pyrrole nitrogens is 2. The first-order valence-corrected chi connectivity index (χ1v) is 10.9. The van der Waals surface area contributed by atoms with E-state index in [0.29, 0.717) is 45.7 Å². The second-order valence-electron chi connectivity index (χ2n) is 7.99. The second-order valence-corrected chi connectivity index (χ2v) is 7.99. The number of aliphatic hydroxyl groups excluding tert-OH is 1. The molecule has 0 spiro atoms. The third-order valence-electron chi connectivity index (χ3n) is 5.73. The lowest BCUT2D eigenvalue weighted by molar-refractivity contribution is 0.199. The first-order chi connectivity index (χ1) is 17.1. The maximum absolute atomic E-state index is 15.9. The smallest absolute Gasteiger partial charge is 0.161 e. The number of aliphatic hydroxyl groups is 1. The average Bonchev–Trinajstić information content (AvgIpc) is 3.63. The van der Waals surface area contributed by atoms with E-state index in [1.165, 1.54) is 12.4 Å². The van der Waals surface area contributed by atoms with Gasteiger partial charge < -0.3 is 19.8 Å². The van der Waals surface area contributed by atoms with E-state index in [-0.39, 0.29) is 11.1 Å². The van der Waals surface area contributed by atoms with Crippen molar-refractivity contribution in [1.29, 1.82) is 0 Å². The number of hydrogen-bond donors (Lipinski definition) is 4. The van der Waals surface area contributed by atoms with E-state index < -0.39 is 12.0 Å². The summed E-state index contributed by atoms with van der Waals surface area (Å²) in [4.78, 5) is 20.6. The van der Waals surface area contributed by atoms with E-state index in [0.717, 1.165) is 11.1 Å². The molecule has 0 saturated heterocycles. The molecular weight excluding hydrogens is 451 g/mol. The van der Waals surface area contributed by atoms with Gasteiger partial charge in [-0.15, -0.1) is 0 Å². The fraction of sp³-hybridized carbons (Fsp3) is 0.125. The molecule has 1 atom stereocenters. The molecule has 0 radical (unpaired) electrons. The summed E-state index contributed by atoms with van der Waals surface area (Å²) in [5.74, 6) is -0.172. The zero-order valence-electron chi connectivity index (χ0n) is 18.5. The molecule has 0 saturated carbocycles. The molecule has 10 nitrogen and oxygen atoms in total. The van der Waals surface area contributed by atoms with Gasteiger partial charge in [0, 0.05) is 29.1 Å². The lowest BCUT2D eigenvalue weighted by atomic mass is 10.1. The summed E-state index contributed by atoms with van der Waals surface area (Å²) in [6, 6.07) is 3.51. The maximum atomic E-state index is 15.9. The van der Waals surface area contributed by atoms with Crippen molar-refractivity contribution < 1.29 is 13.9 Å². The molecule has 6 aromatic rings. The normalized spacial score (nSPS) is 12.4. The van der Waals surface area contributed by atoms with E-state index in [1.54, 1.807) is 37.2 Å². The number of furan rings is 1. The van der Waals surface area contributed by atoms with Crippen LogP contribution in [0.1, 0.15) is 13.3 Å². The molecule has 0 amide bonds. The number of hydrogen-bond acceptors (Lipinski definition) is 8. The molecule has 4 N–H and O–H groups in total. The number of imidazole rings is 1. The third-order valence-corrected chi connectivity index (χ3v) is 5.73. The highest BCUT2D eigenvalue weighted by Gasteiger charge is 2.21. The van der Waals surface area contributed by atoms with Gasteiger partial charge >= 0.3 is 0 Å². The van der Waals surface area contributed by atoms with Crippen molar-refractivity contribution in [3.8, 4) is 33.9 Å². The van der Waals surface area contributed by atoms with E-state index in [2.05, 4.69) is 35.5 Å². The predicted molar refractivity (Wildman–Crippen MR) is 128 cm³/mol. The molecule has 0 aromatic carbocycles.